The summed E-state index contributed by atoms with van der Waals surface area (Å²) in [5.41, 5.74) is 7.25. The van der Waals surface area contributed by atoms with Crippen LogP contribution in [-0.4, -0.2) is 23.8 Å². The summed E-state index contributed by atoms with van der Waals surface area (Å²) in [5.74, 6) is -0.544. The van der Waals surface area contributed by atoms with Crippen molar-refractivity contribution in [2.45, 2.75) is 20.3 Å². The summed E-state index contributed by atoms with van der Waals surface area (Å²) in [6.45, 7) is 4.08. The van der Waals surface area contributed by atoms with Gasteiger partial charge in [0.1, 0.15) is 5.82 Å². The standard InChI is InChI=1S/C21H20FN3O2S/c1-3-27-20(26)11-18-13-28-21(24-18)25-23-12-15-5-7-16(8-6-15)19-10-17(22)9-4-14(19)2/h4-10,12-13H,3,11H2,1-2H3,(H,24,25). The lowest BCUT2D eigenvalue weighted by Crippen LogP contribution is -2.07. The van der Waals surface area contributed by atoms with Crippen molar-refractivity contribution < 1.29 is 13.9 Å². The molecule has 28 heavy (non-hydrogen) atoms. The monoisotopic (exact) mass is 397 g/mol. The molecule has 5 nitrogen and oxygen atoms in total. The van der Waals surface area contributed by atoms with Gasteiger partial charge in [-0.05, 0) is 48.2 Å². The number of esters is 1. The number of carbonyl (C=O) groups is 1. The van der Waals surface area contributed by atoms with Crippen LogP contribution >= 0.6 is 11.3 Å². The Morgan fingerprint density at radius 2 is 2.07 bits per heavy atom. The third-order valence-corrected chi connectivity index (χ3v) is 4.77. The van der Waals surface area contributed by atoms with Gasteiger partial charge in [-0.3, -0.25) is 10.2 Å². The first kappa shape index (κ1) is 19.7. The third kappa shape index (κ3) is 5.23. The van der Waals surface area contributed by atoms with Gasteiger partial charge in [-0.1, -0.05) is 30.3 Å². The zero-order chi connectivity index (χ0) is 19.9. The average Bonchev–Trinajstić information content (AvgIpc) is 3.11. The molecule has 1 heterocycles. The highest BCUT2D eigenvalue weighted by molar-refractivity contribution is 7.13. The number of nitrogens with zero attached hydrogens (tertiary/aromatic N) is 2. The maximum absolute atomic E-state index is 13.5. The Labute approximate surface area is 166 Å². The lowest BCUT2D eigenvalue weighted by molar-refractivity contribution is -0.142. The molecule has 144 valence electrons. The summed E-state index contributed by atoms with van der Waals surface area (Å²) in [5, 5.41) is 6.57. The van der Waals surface area contributed by atoms with Gasteiger partial charge in [0.15, 0.2) is 0 Å². The highest BCUT2D eigenvalue weighted by Gasteiger charge is 2.08. The molecule has 0 saturated carbocycles. The van der Waals surface area contributed by atoms with Crippen molar-refractivity contribution in [3.05, 3.63) is 70.5 Å². The summed E-state index contributed by atoms with van der Waals surface area (Å²) in [6, 6.07) is 12.5. The second kappa shape index (κ2) is 9.23. The van der Waals surface area contributed by atoms with Gasteiger partial charge < -0.3 is 4.74 Å². The first-order valence-electron chi connectivity index (χ1n) is 8.81. The SMILES string of the molecule is CCOC(=O)Cc1csc(NN=Cc2ccc(-c3cc(F)ccc3C)cc2)n1. The Balaban J connectivity index is 1.60. The number of rotatable bonds is 7. The van der Waals surface area contributed by atoms with E-state index in [1.165, 1.54) is 23.5 Å². The Morgan fingerprint density at radius 3 is 2.82 bits per heavy atom. The fourth-order valence-electron chi connectivity index (χ4n) is 2.62. The van der Waals surface area contributed by atoms with Crippen LogP contribution < -0.4 is 5.43 Å². The zero-order valence-corrected chi connectivity index (χ0v) is 16.4. The van der Waals surface area contributed by atoms with E-state index in [0.717, 1.165) is 22.3 Å². The normalized spacial score (nSPS) is 11.0. The molecule has 3 aromatic rings. The van der Waals surface area contributed by atoms with Gasteiger partial charge in [0, 0.05) is 5.38 Å². The Kier molecular flexibility index (Phi) is 6.49. The van der Waals surface area contributed by atoms with Crippen LogP contribution in [0.15, 0.2) is 52.9 Å². The van der Waals surface area contributed by atoms with Crippen LogP contribution in [0, 0.1) is 12.7 Å². The van der Waals surface area contributed by atoms with Crippen LogP contribution in [0.2, 0.25) is 0 Å². The highest BCUT2D eigenvalue weighted by Crippen LogP contribution is 2.24. The first-order valence-corrected chi connectivity index (χ1v) is 9.69. The van der Waals surface area contributed by atoms with Crippen molar-refractivity contribution in [1.82, 2.24) is 4.98 Å². The number of hydrazone groups is 1. The fraction of sp³-hybridized carbons (Fsp3) is 0.190. The molecule has 0 aliphatic carbocycles. The molecule has 1 aromatic heterocycles. The van der Waals surface area contributed by atoms with Crippen LogP contribution in [-0.2, 0) is 16.0 Å². The number of nitrogens with one attached hydrogen (secondary N) is 1. The quantitative estimate of drug-likeness (QED) is 0.353. The number of carbonyl (C=O) groups excluding carboxylic acids is 1. The number of aryl methyl sites for hydroxylation is 1. The molecule has 2 aromatic carbocycles. The van der Waals surface area contributed by atoms with E-state index in [1.807, 2.05) is 31.2 Å². The molecule has 0 unspecified atom stereocenters. The number of thiazole rings is 1. The van der Waals surface area contributed by atoms with Crippen molar-refractivity contribution in [2.24, 2.45) is 5.10 Å². The zero-order valence-electron chi connectivity index (χ0n) is 15.6. The lowest BCUT2D eigenvalue weighted by atomic mass is 9.99. The molecule has 0 fully saturated rings. The van der Waals surface area contributed by atoms with E-state index in [1.54, 1.807) is 24.6 Å². The molecule has 0 radical (unpaired) electrons. The summed E-state index contributed by atoms with van der Waals surface area (Å²) in [4.78, 5) is 15.8. The van der Waals surface area contributed by atoms with Crippen molar-refractivity contribution in [2.75, 3.05) is 12.0 Å². The van der Waals surface area contributed by atoms with E-state index in [9.17, 15) is 9.18 Å². The summed E-state index contributed by atoms with van der Waals surface area (Å²) in [7, 11) is 0. The van der Waals surface area contributed by atoms with Gasteiger partial charge in [-0.2, -0.15) is 5.10 Å². The first-order chi connectivity index (χ1) is 13.5. The second-order valence-electron chi connectivity index (χ2n) is 6.08. The van der Waals surface area contributed by atoms with Crippen molar-refractivity contribution in [1.29, 1.82) is 0 Å². The molecule has 0 saturated heterocycles. The third-order valence-electron chi connectivity index (χ3n) is 3.98. The molecule has 1 N–H and O–H groups in total. The van der Waals surface area contributed by atoms with Crippen molar-refractivity contribution >= 4 is 28.7 Å². The van der Waals surface area contributed by atoms with Gasteiger partial charge in [0.2, 0.25) is 5.13 Å². The van der Waals surface area contributed by atoms with Crippen molar-refractivity contribution in [3.8, 4) is 11.1 Å². The Morgan fingerprint density at radius 1 is 1.29 bits per heavy atom. The topological polar surface area (TPSA) is 63.6 Å². The van der Waals surface area contributed by atoms with Crippen LogP contribution in [0.3, 0.4) is 0 Å². The van der Waals surface area contributed by atoms with E-state index < -0.39 is 0 Å². The number of benzene rings is 2. The highest BCUT2D eigenvalue weighted by atomic mass is 32.1. The van der Waals surface area contributed by atoms with Crippen LogP contribution in [0.4, 0.5) is 9.52 Å². The number of anilines is 1. The Hall–Kier alpha value is -3.06. The molecule has 7 heteroatoms. The van der Waals surface area contributed by atoms with E-state index in [4.69, 9.17) is 4.74 Å². The number of ether oxygens (including phenoxy) is 1. The maximum Gasteiger partial charge on any atom is 0.311 e. The van der Waals surface area contributed by atoms with E-state index >= 15 is 0 Å². The summed E-state index contributed by atoms with van der Waals surface area (Å²) in [6.07, 6.45) is 1.82. The molecule has 0 atom stereocenters. The smallest absolute Gasteiger partial charge is 0.311 e. The largest absolute Gasteiger partial charge is 0.466 e. The second-order valence-corrected chi connectivity index (χ2v) is 6.94. The minimum Gasteiger partial charge on any atom is -0.466 e. The fourth-order valence-corrected chi connectivity index (χ4v) is 3.27. The molecule has 0 amide bonds. The molecule has 0 bridgehead atoms. The predicted molar refractivity (Wildman–Crippen MR) is 110 cm³/mol. The molecular formula is C21H20FN3O2S. The van der Waals surface area contributed by atoms with E-state index in [0.29, 0.717) is 17.4 Å². The number of halogens is 1. The van der Waals surface area contributed by atoms with Gasteiger partial charge in [-0.15, -0.1) is 11.3 Å². The molecule has 0 aliphatic rings. The van der Waals surface area contributed by atoms with Gasteiger partial charge >= 0.3 is 5.97 Å². The lowest BCUT2D eigenvalue weighted by Gasteiger charge is -2.06. The number of hydrogen-bond donors (Lipinski definition) is 1. The maximum atomic E-state index is 13.5. The predicted octanol–water partition coefficient (Wildman–Crippen LogP) is 4.81. The number of hydrogen-bond acceptors (Lipinski definition) is 6. The molecule has 0 aliphatic heterocycles. The van der Waals surface area contributed by atoms with E-state index in [2.05, 4.69) is 15.5 Å². The minimum absolute atomic E-state index is 0.149. The van der Waals surface area contributed by atoms with Gasteiger partial charge in [0.25, 0.3) is 0 Å². The number of aromatic nitrogens is 1. The van der Waals surface area contributed by atoms with Crippen molar-refractivity contribution in [3.63, 3.8) is 0 Å². The Bertz CT molecular complexity index is 984. The van der Waals surface area contributed by atoms with Gasteiger partial charge in [-0.25, -0.2) is 9.37 Å². The molecule has 3 rings (SSSR count). The van der Waals surface area contributed by atoms with Crippen LogP contribution in [0.1, 0.15) is 23.7 Å². The van der Waals surface area contributed by atoms with Crippen LogP contribution in [0.5, 0.6) is 0 Å². The summed E-state index contributed by atoms with van der Waals surface area (Å²) >= 11 is 1.37. The van der Waals surface area contributed by atoms with Gasteiger partial charge in [0.05, 0.1) is 24.9 Å². The van der Waals surface area contributed by atoms with Crippen LogP contribution in [0.25, 0.3) is 11.1 Å². The molecule has 0 spiro atoms. The average molecular weight is 397 g/mol. The molecular weight excluding hydrogens is 377 g/mol. The minimum atomic E-state index is -0.295. The summed E-state index contributed by atoms with van der Waals surface area (Å²) < 4.78 is 18.4. The van der Waals surface area contributed by atoms with E-state index in [-0.39, 0.29) is 18.2 Å².